The Morgan fingerprint density at radius 3 is 1.58 bits per heavy atom. The van der Waals surface area contributed by atoms with Gasteiger partial charge in [-0.1, -0.05) is 0 Å². The number of carbonyl (C=O) groups excluding carboxylic acids is 3. The van der Waals surface area contributed by atoms with Crippen LogP contribution in [0.5, 0.6) is 0 Å². The number of nitrogens with one attached hydrogen (secondary N) is 2. The number of anilines is 2. The van der Waals surface area contributed by atoms with E-state index in [1.165, 1.54) is 11.8 Å². The SMILES string of the molecule is CCOC(=O)C1(Sc2ccnc3ccc(NC(=O)C4CC4)cc23)CCC1.O=C(Nc1ccc2nccc(SC3(C(=O)O)CCC3)c2c1)C1CC1. The number of hydrogen-bond donors (Lipinski definition) is 3. The second-order valence-corrected chi connectivity index (χ2v) is 16.4. The van der Waals surface area contributed by atoms with Gasteiger partial charge in [0.05, 0.1) is 17.6 Å². The van der Waals surface area contributed by atoms with Crippen molar-refractivity contribution in [3.63, 3.8) is 0 Å². The van der Waals surface area contributed by atoms with Crippen LogP contribution >= 0.6 is 23.5 Å². The van der Waals surface area contributed by atoms with E-state index in [-0.39, 0.29) is 29.6 Å². The highest BCUT2D eigenvalue weighted by Crippen LogP contribution is 2.51. The molecule has 4 saturated carbocycles. The first-order valence-corrected chi connectivity index (χ1v) is 19.0. The number of pyridine rings is 2. The molecule has 260 valence electrons. The van der Waals surface area contributed by atoms with Gasteiger partial charge in [-0.25, -0.2) is 0 Å². The molecule has 2 aromatic carbocycles. The highest BCUT2D eigenvalue weighted by Gasteiger charge is 2.47. The molecular weight excluding hydrogens is 673 g/mol. The number of benzene rings is 2. The minimum Gasteiger partial charge on any atom is -0.480 e. The van der Waals surface area contributed by atoms with Gasteiger partial charge in [-0.2, -0.15) is 0 Å². The molecule has 4 aromatic rings. The predicted molar refractivity (Wildman–Crippen MR) is 195 cm³/mol. The van der Waals surface area contributed by atoms with Crippen LogP contribution in [0, 0.1) is 11.8 Å². The van der Waals surface area contributed by atoms with Crippen LogP contribution in [-0.2, 0) is 23.9 Å². The van der Waals surface area contributed by atoms with Gasteiger partial charge in [0, 0.05) is 56.2 Å². The van der Waals surface area contributed by atoms with Gasteiger partial charge in [-0.05, 0) is 120 Å². The van der Waals surface area contributed by atoms with Gasteiger partial charge < -0.3 is 20.5 Å². The van der Waals surface area contributed by atoms with Gasteiger partial charge in [0.15, 0.2) is 0 Å². The monoisotopic (exact) mass is 712 g/mol. The maximum atomic E-state index is 12.5. The number of amides is 2. The number of hydrogen-bond acceptors (Lipinski definition) is 9. The van der Waals surface area contributed by atoms with Crippen LogP contribution in [0.25, 0.3) is 21.8 Å². The van der Waals surface area contributed by atoms with E-state index >= 15 is 0 Å². The minimum atomic E-state index is -0.748. The fraction of sp³-hybridized carbons (Fsp3) is 0.421. The van der Waals surface area contributed by atoms with Crippen LogP contribution in [-0.4, -0.2) is 54.9 Å². The van der Waals surface area contributed by atoms with Crippen molar-refractivity contribution in [2.75, 3.05) is 17.2 Å². The number of carboxylic acids is 1. The Morgan fingerprint density at radius 2 is 1.20 bits per heavy atom. The highest BCUT2D eigenvalue weighted by atomic mass is 32.2. The molecule has 50 heavy (non-hydrogen) atoms. The largest absolute Gasteiger partial charge is 0.480 e. The molecule has 8 rings (SSSR count). The third kappa shape index (κ3) is 7.32. The molecule has 0 spiro atoms. The Balaban J connectivity index is 0.000000157. The lowest BCUT2D eigenvalue weighted by molar-refractivity contribution is -0.148. The van der Waals surface area contributed by atoms with Crippen molar-refractivity contribution in [2.24, 2.45) is 11.8 Å². The number of rotatable bonds is 11. The second kappa shape index (κ2) is 14.2. The second-order valence-electron chi connectivity index (χ2n) is 13.5. The summed E-state index contributed by atoms with van der Waals surface area (Å²) in [4.78, 5) is 58.8. The maximum Gasteiger partial charge on any atom is 0.322 e. The van der Waals surface area contributed by atoms with Gasteiger partial charge in [0.25, 0.3) is 0 Å². The quantitative estimate of drug-likeness (QED) is 0.131. The first-order valence-electron chi connectivity index (χ1n) is 17.4. The Labute approximate surface area is 298 Å². The van der Waals surface area contributed by atoms with Crippen LogP contribution in [0.1, 0.15) is 71.1 Å². The zero-order valence-corrected chi connectivity index (χ0v) is 29.5. The summed E-state index contributed by atoms with van der Waals surface area (Å²) >= 11 is 2.98. The van der Waals surface area contributed by atoms with E-state index in [1.807, 2.05) is 55.5 Å². The highest BCUT2D eigenvalue weighted by molar-refractivity contribution is 8.02. The number of ether oxygens (including phenoxy) is 1. The van der Waals surface area contributed by atoms with Crippen LogP contribution in [0.3, 0.4) is 0 Å². The van der Waals surface area contributed by atoms with Crippen LogP contribution < -0.4 is 10.6 Å². The molecule has 4 aliphatic rings. The lowest BCUT2D eigenvalue weighted by atomic mass is 9.84. The van der Waals surface area contributed by atoms with E-state index in [9.17, 15) is 24.3 Å². The van der Waals surface area contributed by atoms with Gasteiger partial charge in [-0.3, -0.25) is 29.1 Å². The number of thioether (sulfide) groups is 2. The Hall–Kier alpha value is -4.16. The van der Waals surface area contributed by atoms with Crippen LogP contribution in [0.2, 0.25) is 0 Å². The smallest absolute Gasteiger partial charge is 0.322 e. The zero-order chi connectivity index (χ0) is 34.9. The molecule has 3 N–H and O–H groups in total. The van der Waals surface area contributed by atoms with Gasteiger partial charge in [-0.15, -0.1) is 23.5 Å². The van der Waals surface area contributed by atoms with E-state index in [1.54, 1.807) is 24.2 Å². The van der Waals surface area contributed by atoms with E-state index in [4.69, 9.17) is 4.74 Å². The summed E-state index contributed by atoms with van der Waals surface area (Å²) in [6.45, 7) is 2.24. The lowest BCUT2D eigenvalue weighted by Gasteiger charge is -2.38. The van der Waals surface area contributed by atoms with Gasteiger partial charge >= 0.3 is 11.9 Å². The zero-order valence-electron chi connectivity index (χ0n) is 27.9. The normalized spacial score (nSPS) is 18.5. The number of aromatic nitrogens is 2. The third-order valence-corrected chi connectivity index (χ3v) is 12.9. The van der Waals surface area contributed by atoms with Gasteiger partial charge in [0.1, 0.15) is 9.49 Å². The molecular formula is C38H40N4O6S2. The van der Waals surface area contributed by atoms with E-state index < -0.39 is 15.5 Å². The summed E-state index contributed by atoms with van der Waals surface area (Å²) in [5.74, 6) is -0.414. The number of carbonyl (C=O) groups is 4. The number of aliphatic carboxylic acids is 1. The van der Waals surface area contributed by atoms with E-state index in [0.717, 1.165) is 94.3 Å². The van der Waals surface area contributed by atoms with E-state index in [0.29, 0.717) is 19.4 Å². The molecule has 0 atom stereocenters. The fourth-order valence-electron chi connectivity index (χ4n) is 6.14. The Kier molecular flexibility index (Phi) is 9.76. The summed E-state index contributed by atoms with van der Waals surface area (Å²) in [6.07, 6.45) is 12.4. The summed E-state index contributed by atoms with van der Waals surface area (Å²) in [6, 6.07) is 15.2. The molecule has 4 fully saturated rings. The fourth-order valence-corrected chi connectivity index (χ4v) is 9.00. The molecule has 2 heterocycles. The molecule has 0 radical (unpaired) electrons. The maximum absolute atomic E-state index is 12.5. The molecule has 2 aromatic heterocycles. The number of carboxylic acid groups (broad SMARTS) is 1. The Morgan fingerprint density at radius 1 is 0.740 bits per heavy atom. The van der Waals surface area contributed by atoms with Crippen molar-refractivity contribution in [1.29, 1.82) is 0 Å². The molecule has 12 heteroatoms. The topological polar surface area (TPSA) is 148 Å². The average Bonchev–Trinajstić information content (AvgIpc) is 3.98. The van der Waals surface area contributed by atoms with Gasteiger partial charge in [0.2, 0.25) is 11.8 Å². The summed E-state index contributed by atoms with van der Waals surface area (Å²) < 4.78 is 4.10. The minimum absolute atomic E-state index is 0.0634. The van der Waals surface area contributed by atoms with Crippen molar-refractivity contribution >= 4 is 80.5 Å². The standard InChI is InChI=1S/C20H22N2O3S.C18H18N2O3S/c1-2-25-19(24)20(9-3-10-20)26-17-8-11-21-16-7-6-14(12-15(16)17)22-18(23)13-4-5-13;21-16(11-2-3-11)20-12-4-5-14-13(10-12)15(6-9-19-14)24-18(17(22)23)7-1-8-18/h6-8,11-13H,2-5,9-10H2,1H3,(H,22,23);4-6,9-11H,1-3,7-8H2,(H,20,21)(H,22,23). The summed E-state index contributed by atoms with van der Waals surface area (Å²) in [7, 11) is 0. The van der Waals surface area contributed by atoms with E-state index in [2.05, 4.69) is 20.6 Å². The van der Waals surface area contributed by atoms with Crippen LogP contribution in [0.15, 0.2) is 70.7 Å². The molecule has 0 aliphatic heterocycles. The van der Waals surface area contributed by atoms with Crippen molar-refractivity contribution in [2.45, 2.75) is 90.4 Å². The first kappa shape index (κ1) is 34.3. The number of fused-ring (bicyclic) bond motifs is 2. The number of nitrogens with zero attached hydrogens (tertiary/aromatic N) is 2. The van der Waals surface area contributed by atoms with Crippen molar-refractivity contribution in [3.8, 4) is 0 Å². The number of esters is 1. The summed E-state index contributed by atoms with van der Waals surface area (Å²) in [5.41, 5.74) is 3.19. The molecule has 10 nitrogen and oxygen atoms in total. The molecule has 2 amide bonds. The van der Waals surface area contributed by atoms with Crippen molar-refractivity contribution in [3.05, 3.63) is 60.9 Å². The third-order valence-electron chi connectivity index (χ3n) is 9.80. The Bertz CT molecular complexity index is 1970. The van der Waals surface area contributed by atoms with Crippen LogP contribution in [0.4, 0.5) is 11.4 Å². The molecule has 4 aliphatic carbocycles. The average molecular weight is 713 g/mol. The summed E-state index contributed by atoms with van der Waals surface area (Å²) in [5, 5.41) is 17.4. The lowest BCUT2D eigenvalue weighted by Crippen LogP contribution is -2.43. The molecule has 0 bridgehead atoms. The predicted octanol–water partition coefficient (Wildman–Crippen LogP) is 7.84. The molecule has 0 unspecified atom stereocenters. The van der Waals surface area contributed by atoms with Crippen molar-refractivity contribution < 1.29 is 29.0 Å². The first-order chi connectivity index (χ1) is 24.2. The van der Waals surface area contributed by atoms with Crippen molar-refractivity contribution in [1.82, 2.24) is 9.97 Å². The molecule has 0 saturated heterocycles.